The zero-order valence-electron chi connectivity index (χ0n) is 10.3. The molecule has 0 unspecified atom stereocenters. The van der Waals surface area contributed by atoms with Gasteiger partial charge in [0.1, 0.15) is 0 Å². The molecular weight excluding hydrogens is 258 g/mol. The van der Waals surface area contributed by atoms with Crippen LogP contribution in [0.3, 0.4) is 0 Å². The maximum absolute atomic E-state index is 12.1. The zero-order valence-corrected chi connectivity index (χ0v) is 11.2. The fraction of sp³-hybridized carbons (Fsp3) is 0.200. The van der Waals surface area contributed by atoms with Crippen molar-refractivity contribution in [2.45, 2.75) is 12.8 Å². The highest BCUT2D eigenvalue weighted by molar-refractivity contribution is 7.08. The summed E-state index contributed by atoms with van der Waals surface area (Å²) in [6, 6.07) is 9.11. The molecule has 96 valence electrons. The lowest BCUT2D eigenvalue weighted by Crippen LogP contribution is -2.23. The van der Waals surface area contributed by atoms with Gasteiger partial charge in [0, 0.05) is 35.2 Å². The maximum atomic E-state index is 12.1. The minimum absolute atomic E-state index is 0.0283. The van der Waals surface area contributed by atoms with Crippen LogP contribution in [-0.2, 0) is 4.79 Å². The minimum atomic E-state index is 0.0283. The largest absolute Gasteiger partial charge is 0.312 e. The first-order valence-corrected chi connectivity index (χ1v) is 7.17. The number of rotatable bonds is 3. The zero-order chi connectivity index (χ0) is 13.2. The standard InChI is InChI=1S/C15H13NO2S/c17-14-2-1-8-16(14)13-5-3-11(4-6-13)15(18)12-7-9-19-10-12/h3-7,9-10H,1-2,8H2. The highest BCUT2D eigenvalue weighted by Gasteiger charge is 2.21. The topological polar surface area (TPSA) is 37.4 Å². The first-order chi connectivity index (χ1) is 9.25. The Kier molecular flexibility index (Phi) is 3.17. The van der Waals surface area contributed by atoms with Crippen molar-refractivity contribution in [1.82, 2.24) is 0 Å². The van der Waals surface area contributed by atoms with Gasteiger partial charge in [0.2, 0.25) is 5.91 Å². The Labute approximate surface area is 115 Å². The van der Waals surface area contributed by atoms with Gasteiger partial charge >= 0.3 is 0 Å². The Morgan fingerprint density at radius 2 is 1.89 bits per heavy atom. The summed E-state index contributed by atoms with van der Waals surface area (Å²) in [5.41, 5.74) is 2.26. The third kappa shape index (κ3) is 2.31. The van der Waals surface area contributed by atoms with Crippen molar-refractivity contribution in [3.8, 4) is 0 Å². The van der Waals surface area contributed by atoms with E-state index in [-0.39, 0.29) is 11.7 Å². The predicted octanol–water partition coefficient (Wildman–Crippen LogP) is 3.11. The van der Waals surface area contributed by atoms with Crippen LogP contribution in [-0.4, -0.2) is 18.2 Å². The van der Waals surface area contributed by atoms with E-state index in [0.717, 1.165) is 24.2 Å². The van der Waals surface area contributed by atoms with Gasteiger partial charge in [-0.25, -0.2) is 0 Å². The SMILES string of the molecule is O=C(c1ccc(N2CCCC2=O)cc1)c1ccsc1. The predicted molar refractivity (Wildman–Crippen MR) is 75.8 cm³/mol. The third-order valence-corrected chi connectivity index (χ3v) is 3.98. The van der Waals surface area contributed by atoms with Crippen LogP contribution in [0.15, 0.2) is 41.1 Å². The van der Waals surface area contributed by atoms with E-state index >= 15 is 0 Å². The number of carbonyl (C=O) groups is 2. The molecule has 3 nitrogen and oxygen atoms in total. The van der Waals surface area contributed by atoms with Crippen LogP contribution in [0.2, 0.25) is 0 Å². The molecule has 1 amide bonds. The number of amides is 1. The van der Waals surface area contributed by atoms with E-state index in [1.807, 2.05) is 29.0 Å². The van der Waals surface area contributed by atoms with E-state index in [1.165, 1.54) is 11.3 Å². The molecule has 1 saturated heterocycles. The molecule has 0 N–H and O–H groups in total. The van der Waals surface area contributed by atoms with Gasteiger partial charge in [-0.15, -0.1) is 0 Å². The van der Waals surface area contributed by atoms with Crippen molar-refractivity contribution in [3.63, 3.8) is 0 Å². The lowest BCUT2D eigenvalue weighted by molar-refractivity contribution is -0.117. The first kappa shape index (κ1) is 12.1. The molecule has 2 heterocycles. The van der Waals surface area contributed by atoms with E-state index in [2.05, 4.69) is 0 Å². The highest BCUT2D eigenvalue weighted by Crippen LogP contribution is 2.22. The molecule has 1 aliphatic heterocycles. The Hall–Kier alpha value is -1.94. The van der Waals surface area contributed by atoms with E-state index < -0.39 is 0 Å². The molecular formula is C15H13NO2S. The van der Waals surface area contributed by atoms with Gasteiger partial charge in [0.05, 0.1) is 0 Å². The van der Waals surface area contributed by atoms with Crippen molar-refractivity contribution in [2.75, 3.05) is 11.4 Å². The average molecular weight is 271 g/mol. The van der Waals surface area contributed by atoms with Crippen LogP contribution < -0.4 is 4.90 Å². The van der Waals surface area contributed by atoms with Crippen molar-refractivity contribution in [2.24, 2.45) is 0 Å². The summed E-state index contributed by atoms with van der Waals surface area (Å²) in [4.78, 5) is 25.5. The Morgan fingerprint density at radius 1 is 1.11 bits per heavy atom. The summed E-state index contributed by atoms with van der Waals surface area (Å²) in [5.74, 6) is 0.192. The van der Waals surface area contributed by atoms with Crippen LogP contribution >= 0.6 is 11.3 Å². The number of nitrogens with zero attached hydrogens (tertiary/aromatic N) is 1. The van der Waals surface area contributed by atoms with Gasteiger partial charge in [0.15, 0.2) is 5.78 Å². The fourth-order valence-corrected chi connectivity index (χ4v) is 2.91. The summed E-state index contributed by atoms with van der Waals surface area (Å²) >= 11 is 1.51. The molecule has 0 radical (unpaired) electrons. The van der Waals surface area contributed by atoms with Crippen molar-refractivity contribution < 1.29 is 9.59 Å². The van der Waals surface area contributed by atoms with E-state index in [9.17, 15) is 9.59 Å². The van der Waals surface area contributed by atoms with Gasteiger partial charge < -0.3 is 4.90 Å². The second kappa shape index (κ2) is 4.97. The third-order valence-electron chi connectivity index (χ3n) is 3.30. The van der Waals surface area contributed by atoms with Gasteiger partial charge in [-0.2, -0.15) is 11.3 Å². The lowest BCUT2D eigenvalue weighted by Gasteiger charge is -2.15. The smallest absolute Gasteiger partial charge is 0.227 e. The van der Waals surface area contributed by atoms with Gasteiger partial charge in [-0.05, 0) is 42.1 Å². The molecule has 0 spiro atoms. The molecule has 4 heteroatoms. The number of benzene rings is 1. The second-order valence-corrected chi connectivity index (χ2v) is 5.32. The maximum Gasteiger partial charge on any atom is 0.227 e. The average Bonchev–Trinajstić information content (AvgIpc) is 3.09. The molecule has 1 fully saturated rings. The first-order valence-electron chi connectivity index (χ1n) is 6.23. The molecule has 0 aliphatic carbocycles. The highest BCUT2D eigenvalue weighted by atomic mass is 32.1. The molecule has 0 atom stereocenters. The van der Waals surface area contributed by atoms with Crippen LogP contribution in [0.4, 0.5) is 5.69 Å². The van der Waals surface area contributed by atoms with Crippen LogP contribution in [0.25, 0.3) is 0 Å². The molecule has 1 aliphatic rings. The number of ketones is 1. The second-order valence-electron chi connectivity index (χ2n) is 4.54. The van der Waals surface area contributed by atoms with Crippen LogP contribution in [0.1, 0.15) is 28.8 Å². The van der Waals surface area contributed by atoms with Gasteiger partial charge in [-0.3, -0.25) is 9.59 Å². The number of thiophene rings is 1. The number of hydrogen-bond acceptors (Lipinski definition) is 3. The number of anilines is 1. The molecule has 0 bridgehead atoms. The Balaban J connectivity index is 1.83. The quantitative estimate of drug-likeness (QED) is 0.804. The van der Waals surface area contributed by atoms with E-state index in [0.29, 0.717) is 12.0 Å². The monoisotopic (exact) mass is 271 g/mol. The van der Waals surface area contributed by atoms with Crippen LogP contribution in [0.5, 0.6) is 0 Å². The van der Waals surface area contributed by atoms with Gasteiger partial charge in [0.25, 0.3) is 0 Å². The molecule has 1 aromatic heterocycles. The van der Waals surface area contributed by atoms with Crippen molar-refractivity contribution in [1.29, 1.82) is 0 Å². The van der Waals surface area contributed by atoms with E-state index in [1.54, 1.807) is 17.0 Å². The number of hydrogen-bond donors (Lipinski definition) is 0. The molecule has 1 aromatic carbocycles. The summed E-state index contributed by atoms with van der Waals surface area (Å²) in [5, 5.41) is 3.74. The number of carbonyl (C=O) groups excluding carboxylic acids is 2. The Bertz CT molecular complexity index is 602. The molecule has 19 heavy (non-hydrogen) atoms. The summed E-state index contributed by atoms with van der Waals surface area (Å²) < 4.78 is 0. The van der Waals surface area contributed by atoms with Crippen molar-refractivity contribution >= 4 is 28.7 Å². The summed E-state index contributed by atoms with van der Waals surface area (Å²) in [7, 11) is 0. The lowest BCUT2D eigenvalue weighted by atomic mass is 10.1. The van der Waals surface area contributed by atoms with Gasteiger partial charge in [-0.1, -0.05) is 0 Å². The summed E-state index contributed by atoms with van der Waals surface area (Å²) in [6.07, 6.45) is 1.53. The molecule has 2 aromatic rings. The normalized spacial score (nSPS) is 14.9. The fourth-order valence-electron chi connectivity index (χ4n) is 2.27. The summed E-state index contributed by atoms with van der Waals surface area (Å²) in [6.45, 7) is 0.774. The molecule has 3 rings (SSSR count). The van der Waals surface area contributed by atoms with E-state index in [4.69, 9.17) is 0 Å². The van der Waals surface area contributed by atoms with Crippen molar-refractivity contribution in [3.05, 3.63) is 52.2 Å². The van der Waals surface area contributed by atoms with Crippen LogP contribution in [0, 0.1) is 0 Å². The minimum Gasteiger partial charge on any atom is -0.312 e. The molecule has 0 saturated carbocycles. The Morgan fingerprint density at radius 3 is 2.47 bits per heavy atom.